The minimum absolute atomic E-state index is 0.0405. The highest BCUT2D eigenvalue weighted by Crippen LogP contribution is 2.43. The summed E-state index contributed by atoms with van der Waals surface area (Å²) in [4.78, 5) is 15.6. The van der Waals surface area contributed by atoms with Crippen molar-refractivity contribution in [3.05, 3.63) is 93.4 Å². The highest BCUT2D eigenvalue weighted by Gasteiger charge is 2.23. The Balaban J connectivity index is 1.72. The van der Waals surface area contributed by atoms with Gasteiger partial charge >= 0.3 is 5.97 Å². The molecule has 0 unspecified atom stereocenters. The van der Waals surface area contributed by atoms with Crippen LogP contribution in [-0.2, 0) is 6.61 Å². The van der Waals surface area contributed by atoms with Gasteiger partial charge in [-0.2, -0.15) is 0 Å². The van der Waals surface area contributed by atoms with Gasteiger partial charge in [-0.05, 0) is 71.9 Å². The lowest BCUT2D eigenvalue weighted by Gasteiger charge is -2.14. The van der Waals surface area contributed by atoms with Gasteiger partial charge in [0.25, 0.3) is 0 Å². The molecule has 32 heavy (non-hydrogen) atoms. The number of halogens is 4. The molecule has 4 rings (SSSR count). The number of carboxylic acids is 1. The van der Waals surface area contributed by atoms with Crippen molar-refractivity contribution in [3.8, 4) is 5.88 Å². The van der Waals surface area contributed by atoms with E-state index in [-0.39, 0.29) is 12.5 Å². The maximum Gasteiger partial charge on any atom is 0.338 e. The lowest BCUT2D eigenvalue weighted by Crippen LogP contribution is -2.03. The Labute approximate surface area is 186 Å². The molecule has 0 aliphatic heterocycles. The van der Waals surface area contributed by atoms with Crippen molar-refractivity contribution in [1.82, 2.24) is 4.98 Å². The fourth-order valence-corrected chi connectivity index (χ4v) is 3.93. The number of carboxylic acid groups (broad SMARTS) is 1. The molecule has 1 aliphatic carbocycles. The van der Waals surface area contributed by atoms with Crippen molar-refractivity contribution < 1.29 is 27.8 Å². The SMILES string of the molecule is O=C(O)c1cc(C2=C(c3cc(Cl)cnc3OCc3ccc(F)c(F)c3)CCC2)ccc1F. The summed E-state index contributed by atoms with van der Waals surface area (Å²) in [5.41, 5.74) is 2.96. The topological polar surface area (TPSA) is 59.4 Å². The van der Waals surface area contributed by atoms with Gasteiger partial charge in [-0.15, -0.1) is 0 Å². The zero-order chi connectivity index (χ0) is 22.8. The maximum atomic E-state index is 13.9. The molecule has 0 fully saturated rings. The van der Waals surface area contributed by atoms with E-state index < -0.39 is 29.0 Å². The summed E-state index contributed by atoms with van der Waals surface area (Å²) in [6.07, 6.45) is 3.55. The predicted molar refractivity (Wildman–Crippen MR) is 114 cm³/mol. The Bertz CT molecular complexity index is 1240. The first-order valence-corrected chi connectivity index (χ1v) is 10.2. The standard InChI is InChI=1S/C24H17ClF3NO3/c25-15-10-18(23(29-11-15)32-12-13-4-6-21(27)22(28)8-13)17-3-1-2-16(17)14-5-7-20(26)19(9-14)24(30)31/h4-11H,1-3,12H2,(H,30,31). The number of nitrogens with zero attached hydrogens (tertiary/aromatic N) is 1. The number of hydrogen-bond acceptors (Lipinski definition) is 3. The van der Waals surface area contributed by atoms with Crippen molar-refractivity contribution in [3.63, 3.8) is 0 Å². The van der Waals surface area contributed by atoms with Gasteiger partial charge in [-0.25, -0.2) is 22.9 Å². The van der Waals surface area contributed by atoms with Crippen molar-refractivity contribution in [2.75, 3.05) is 0 Å². The number of aromatic nitrogens is 1. The van der Waals surface area contributed by atoms with Gasteiger partial charge < -0.3 is 9.84 Å². The fraction of sp³-hybridized carbons (Fsp3) is 0.167. The van der Waals surface area contributed by atoms with Gasteiger partial charge in [-0.3, -0.25) is 0 Å². The van der Waals surface area contributed by atoms with Gasteiger partial charge in [0, 0.05) is 11.8 Å². The third-order valence-corrected chi connectivity index (χ3v) is 5.47. The molecule has 0 amide bonds. The van der Waals surface area contributed by atoms with Gasteiger partial charge in [0.1, 0.15) is 12.4 Å². The Morgan fingerprint density at radius 2 is 1.75 bits per heavy atom. The highest BCUT2D eigenvalue weighted by atomic mass is 35.5. The summed E-state index contributed by atoms with van der Waals surface area (Å²) in [6.45, 7) is -0.0405. The number of allylic oxidation sites excluding steroid dienone is 2. The van der Waals surface area contributed by atoms with Crippen LogP contribution in [0.1, 0.15) is 46.3 Å². The van der Waals surface area contributed by atoms with Crippen LogP contribution in [0, 0.1) is 17.5 Å². The van der Waals surface area contributed by atoms with Gasteiger partial charge in [0.2, 0.25) is 5.88 Å². The molecular weight excluding hydrogens is 443 g/mol. The zero-order valence-electron chi connectivity index (χ0n) is 16.7. The molecule has 0 atom stereocenters. The van der Waals surface area contributed by atoms with Crippen LogP contribution < -0.4 is 4.74 Å². The molecule has 1 heterocycles. The van der Waals surface area contributed by atoms with E-state index in [1.54, 1.807) is 12.1 Å². The van der Waals surface area contributed by atoms with E-state index in [0.717, 1.165) is 35.8 Å². The second-order valence-corrected chi connectivity index (χ2v) is 7.79. The number of benzene rings is 2. The van der Waals surface area contributed by atoms with Crippen LogP contribution in [0.4, 0.5) is 13.2 Å². The second kappa shape index (κ2) is 9.04. The van der Waals surface area contributed by atoms with Crippen LogP contribution >= 0.6 is 11.6 Å². The van der Waals surface area contributed by atoms with Crippen molar-refractivity contribution >= 4 is 28.7 Å². The molecule has 1 aromatic heterocycles. The predicted octanol–water partition coefficient (Wildman–Crippen LogP) is 6.52. The van der Waals surface area contributed by atoms with Crippen molar-refractivity contribution in [2.24, 2.45) is 0 Å². The third-order valence-electron chi connectivity index (χ3n) is 5.27. The summed E-state index contributed by atoms with van der Waals surface area (Å²) in [6, 6.07) is 9.18. The number of aromatic carboxylic acids is 1. The first-order valence-electron chi connectivity index (χ1n) is 9.81. The molecule has 2 aromatic carbocycles. The van der Waals surface area contributed by atoms with Gasteiger partial charge in [-0.1, -0.05) is 23.7 Å². The molecule has 0 bridgehead atoms. The zero-order valence-corrected chi connectivity index (χ0v) is 17.4. The van der Waals surface area contributed by atoms with Crippen molar-refractivity contribution in [1.29, 1.82) is 0 Å². The average molecular weight is 460 g/mol. The summed E-state index contributed by atoms with van der Waals surface area (Å²) >= 11 is 6.17. The second-order valence-electron chi connectivity index (χ2n) is 7.35. The largest absolute Gasteiger partial charge is 0.478 e. The smallest absolute Gasteiger partial charge is 0.338 e. The molecule has 0 radical (unpaired) electrons. The van der Waals surface area contributed by atoms with E-state index in [2.05, 4.69) is 4.98 Å². The lowest BCUT2D eigenvalue weighted by atomic mass is 9.96. The van der Waals surface area contributed by atoms with Crippen LogP contribution in [0.2, 0.25) is 5.02 Å². The number of hydrogen-bond donors (Lipinski definition) is 1. The summed E-state index contributed by atoms with van der Waals surface area (Å²) < 4.78 is 46.3. The van der Waals surface area contributed by atoms with E-state index in [1.165, 1.54) is 18.3 Å². The number of ether oxygens (including phenoxy) is 1. The van der Waals surface area contributed by atoms with E-state index in [4.69, 9.17) is 16.3 Å². The summed E-state index contributed by atoms with van der Waals surface area (Å²) in [7, 11) is 0. The quantitative estimate of drug-likeness (QED) is 0.455. The van der Waals surface area contributed by atoms with Gasteiger partial charge in [0.15, 0.2) is 11.6 Å². The molecule has 8 heteroatoms. The molecular formula is C24H17ClF3NO3. The molecule has 4 nitrogen and oxygen atoms in total. The number of rotatable bonds is 6. The molecule has 0 saturated carbocycles. The average Bonchev–Trinajstić information content (AvgIpc) is 3.25. The van der Waals surface area contributed by atoms with Crippen LogP contribution in [0.3, 0.4) is 0 Å². The molecule has 0 saturated heterocycles. The minimum Gasteiger partial charge on any atom is -0.478 e. The highest BCUT2D eigenvalue weighted by molar-refractivity contribution is 6.30. The fourth-order valence-electron chi connectivity index (χ4n) is 3.78. The Morgan fingerprint density at radius 3 is 2.50 bits per heavy atom. The lowest BCUT2D eigenvalue weighted by molar-refractivity contribution is 0.0692. The van der Waals surface area contributed by atoms with Crippen LogP contribution in [0.15, 0.2) is 48.7 Å². The van der Waals surface area contributed by atoms with Crippen LogP contribution in [0.5, 0.6) is 5.88 Å². The number of pyridine rings is 1. The minimum atomic E-state index is -1.34. The Morgan fingerprint density at radius 1 is 1.00 bits per heavy atom. The van der Waals surface area contributed by atoms with E-state index >= 15 is 0 Å². The van der Waals surface area contributed by atoms with E-state index in [9.17, 15) is 23.1 Å². The maximum absolute atomic E-state index is 13.9. The van der Waals surface area contributed by atoms with Crippen LogP contribution in [0.25, 0.3) is 11.1 Å². The first kappa shape index (κ1) is 21.9. The van der Waals surface area contributed by atoms with E-state index in [1.807, 2.05) is 0 Å². The Kier molecular flexibility index (Phi) is 6.19. The van der Waals surface area contributed by atoms with E-state index in [0.29, 0.717) is 34.6 Å². The molecule has 0 spiro atoms. The summed E-state index contributed by atoms with van der Waals surface area (Å²) in [5.74, 6) is -3.80. The summed E-state index contributed by atoms with van der Waals surface area (Å²) in [5, 5.41) is 9.64. The van der Waals surface area contributed by atoms with Crippen molar-refractivity contribution in [2.45, 2.75) is 25.9 Å². The molecule has 3 aromatic rings. The number of carbonyl (C=O) groups is 1. The molecule has 164 valence electrons. The monoisotopic (exact) mass is 459 g/mol. The Hall–Kier alpha value is -3.32. The molecule has 1 aliphatic rings. The normalized spacial score (nSPS) is 13.5. The molecule has 1 N–H and O–H groups in total. The van der Waals surface area contributed by atoms with Crippen LogP contribution in [-0.4, -0.2) is 16.1 Å². The first-order chi connectivity index (χ1) is 15.3. The van der Waals surface area contributed by atoms with Gasteiger partial charge in [0.05, 0.1) is 10.6 Å². The third kappa shape index (κ3) is 4.48.